The van der Waals surface area contributed by atoms with Crippen LogP contribution in [0.3, 0.4) is 0 Å². The normalized spacial score (nSPS) is 12.5. The van der Waals surface area contributed by atoms with Crippen LogP contribution in [0.5, 0.6) is 5.75 Å². The Morgan fingerprint density at radius 3 is 2.17 bits per heavy atom. The van der Waals surface area contributed by atoms with Crippen molar-refractivity contribution in [2.75, 3.05) is 7.11 Å². The van der Waals surface area contributed by atoms with Gasteiger partial charge in [-0.1, -0.05) is 12.1 Å². The molecule has 1 heterocycles. The molecule has 1 aromatic heterocycles. The molecular weight excluding hydrogens is 264 g/mol. The molecule has 0 saturated heterocycles. The van der Waals surface area contributed by atoms with E-state index in [2.05, 4.69) is 44.4 Å². The van der Waals surface area contributed by atoms with Crippen molar-refractivity contribution in [2.45, 2.75) is 26.1 Å². The van der Waals surface area contributed by atoms with E-state index >= 15 is 0 Å². The third-order valence-corrected chi connectivity index (χ3v) is 4.79. The van der Waals surface area contributed by atoms with Crippen LogP contribution < -0.4 is 4.74 Å². The van der Waals surface area contributed by atoms with Crippen molar-refractivity contribution in [1.29, 1.82) is 0 Å². The van der Waals surface area contributed by atoms with Crippen molar-refractivity contribution in [3.8, 4) is 5.75 Å². The van der Waals surface area contributed by atoms with Crippen LogP contribution in [-0.2, 0) is 0 Å². The molecule has 0 fully saturated rings. The first kappa shape index (κ1) is 13.4. The number of methoxy groups -OCH3 is 1. The van der Waals surface area contributed by atoms with Crippen molar-refractivity contribution >= 4 is 22.9 Å². The predicted octanol–water partition coefficient (Wildman–Crippen LogP) is 5.01. The lowest BCUT2D eigenvalue weighted by Crippen LogP contribution is -1.97. The number of hydrogen-bond acceptors (Lipinski definition) is 2. The number of hydrogen-bond donors (Lipinski definition) is 0. The summed E-state index contributed by atoms with van der Waals surface area (Å²) in [5, 5.41) is 2.01. The zero-order valence-corrected chi connectivity index (χ0v) is 12.7. The van der Waals surface area contributed by atoms with Crippen LogP contribution in [0.25, 0.3) is 0 Å². The Morgan fingerprint density at radius 1 is 1.11 bits per heavy atom. The smallest absolute Gasteiger partial charge is 0.124 e. The summed E-state index contributed by atoms with van der Waals surface area (Å²) in [6.07, 6.45) is 0. The molecule has 0 bridgehead atoms. The van der Waals surface area contributed by atoms with Gasteiger partial charge in [0.25, 0.3) is 0 Å². The molecular formula is C15H17ClOS. The van der Waals surface area contributed by atoms with E-state index in [9.17, 15) is 0 Å². The van der Waals surface area contributed by atoms with Crippen molar-refractivity contribution < 1.29 is 4.74 Å². The van der Waals surface area contributed by atoms with E-state index in [1.807, 2.05) is 0 Å². The molecule has 1 atom stereocenters. The summed E-state index contributed by atoms with van der Waals surface area (Å²) in [4.78, 5) is 1.22. The summed E-state index contributed by atoms with van der Waals surface area (Å²) in [5.74, 6) is 0.950. The van der Waals surface area contributed by atoms with E-state index < -0.39 is 0 Å². The van der Waals surface area contributed by atoms with Gasteiger partial charge in [-0.05, 0) is 54.5 Å². The second kappa shape index (κ2) is 5.33. The lowest BCUT2D eigenvalue weighted by molar-refractivity contribution is 0.408. The molecule has 18 heavy (non-hydrogen) atoms. The Morgan fingerprint density at radius 2 is 1.72 bits per heavy atom. The van der Waals surface area contributed by atoms with Crippen molar-refractivity contribution in [1.82, 2.24) is 0 Å². The summed E-state index contributed by atoms with van der Waals surface area (Å²) in [6.45, 7) is 6.21. The first-order valence-corrected chi connectivity index (χ1v) is 7.19. The van der Waals surface area contributed by atoms with Crippen LogP contribution in [0, 0.1) is 20.8 Å². The average molecular weight is 281 g/mol. The maximum Gasteiger partial charge on any atom is 0.124 e. The summed E-state index contributed by atoms with van der Waals surface area (Å²) in [7, 11) is 1.70. The van der Waals surface area contributed by atoms with Crippen LogP contribution >= 0.6 is 22.9 Å². The molecule has 0 radical (unpaired) electrons. The zero-order chi connectivity index (χ0) is 13.3. The molecule has 96 valence electrons. The predicted molar refractivity (Wildman–Crippen MR) is 79.2 cm³/mol. The van der Waals surface area contributed by atoms with Crippen LogP contribution in [0.4, 0.5) is 0 Å². The molecule has 0 aliphatic heterocycles. The SMILES string of the molecule is COc1c(C)cc(C(Cl)c2sccc2C)cc1C. The molecule has 0 spiro atoms. The second-order valence-electron chi connectivity index (χ2n) is 4.52. The minimum atomic E-state index is -0.0756. The Hall–Kier alpha value is -0.990. The van der Waals surface area contributed by atoms with Crippen molar-refractivity contribution in [3.63, 3.8) is 0 Å². The summed E-state index contributed by atoms with van der Waals surface area (Å²) >= 11 is 8.30. The van der Waals surface area contributed by atoms with E-state index in [1.165, 1.54) is 10.4 Å². The van der Waals surface area contributed by atoms with Gasteiger partial charge in [0.1, 0.15) is 5.75 Å². The monoisotopic (exact) mass is 280 g/mol. The fourth-order valence-corrected chi connectivity index (χ4v) is 3.63. The molecule has 0 amide bonds. The molecule has 1 aromatic carbocycles. The van der Waals surface area contributed by atoms with E-state index in [0.717, 1.165) is 22.4 Å². The van der Waals surface area contributed by atoms with Gasteiger partial charge in [-0.15, -0.1) is 22.9 Å². The highest BCUT2D eigenvalue weighted by atomic mass is 35.5. The Labute approximate surface area is 117 Å². The lowest BCUT2D eigenvalue weighted by atomic mass is 10.0. The van der Waals surface area contributed by atoms with Crippen LogP contribution in [0.1, 0.15) is 32.5 Å². The van der Waals surface area contributed by atoms with Gasteiger partial charge in [0.05, 0.1) is 12.5 Å². The molecule has 0 saturated carbocycles. The van der Waals surface area contributed by atoms with Gasteiger partial charge >= 0.3 is 0 Å². The number of halogens is 1. The van der Waals surface area contributed by atoms with Gasteiger partial charge in [-0.2, -0.15) is 0 Å². The van der Waals surface area contributed by atoms with Crippen molar-refractivity contribution in [3.05, 3.63) is 50.7 Å². The summed E-state index contributed by atoms with van der Waals surface area (Å²) in [6, 6.07) is 6.34. The topological polar surface area (TPSA) is 9.23 Å². The Balaban J connectivity index is 2.43. The minimum Gasteiger partial charge on any atom is -0.496 e. The number of aryl methyl sites for hydroxylation is 3. The minimum absolute atomic E-state index is 0.0756. The van der Waals surface area contributed by atoms with Crippen LogP contribution in [-0.4, -0.2) is 7.11 Å². The van der Waals surface area contributed by atoms with E-state index in [4.69, 9.17) is 16.3 Å². The van der Waals surface area contributed by atoms with Gasteiger partial charge in [0.2, 0.25) is 0 Å². The third kappa shape index (κ3) is 2.40. The average Bonchev–Trinajstić information content (AvgIpc) is 2.74. The first-order chi connectivity index (χ1) is 8.54. The number of alkyl halides is 1. The molecule has 2 aromatic rings. The van der Waals surface area contributed by atoms with E-state index in [0.29, 0.717) is 0 Å². The van der Waals surface area contributed by atoms with Crippen LogP contribution in [0.15, 0.2) is 23.6 Å². The molecule has 1 unspecified atom stereocenters. The summed E-state index contributed by atoms with van der Waals surface area (Å²) in [5.41, 5.74) is 4.66. The molecule has 0 aliphatic carbocycles. The quantitative estimate of drug-likeness (QED) is 0.718. The van der Waals surface area contributed by atoms with E-state index in [-0.39, 0.29) is 5.38 Å². The van der Waals surface area contributed by atoms with Gasteiger partial charge in [0.15, 0.2) is 0 Å². The third-order valence-electron chi connectivity index (χ3n) is 3.11. The second-order valence-corrected chi connectivity index (χ2v) is 5.90. The Bertz CT molecular complexity index is 536. The van der Waals surface area contributed by atoms with Gasteiger partial charge < -0.3 is 4.74 Å². The van der Waals surface area contributed by atoms with Gasteiger partial charge in [-0.3, -0.25) is 0 Å². The highest BCUT2D eigenvalue weighted by Gasteiger charge is 2.16. The summed E-state index contributed by atoms with van der Waals surface area (Å²) < 4.78 is 5.38. The Kier molecular flexibility index (Phi) is 3.98. The maximum atomic E-state index is 6.59. The van der Waals surface area contributed by atoms with E-state index in [1.54, 1.807) is 18.4 Å². The van der Waals surface area contributed by atoms with Gasteiger partial charge in [-0.25, -0.2) is 0 Å². The fraction of sp³-hybridized carbons (Fsp3) is 0.333. The largest absolute Gasteiger partial charge is 0.496 e. The highest BCUT2D eigenvalue weighted by molar-refractivity contribution is 7.10. The molecule has 0 aliphatic rings. The zero-order valence-electron chi connectivity index (χ0n) is 11.1. The maximum absolute atomic E-state index is 6.59. The molecule has 0 N–H and O–H groups in total. The molecule has 1 nitrogen and oxygen atoms in total. The molecule has 3 heteroatoms. The highest BCUT2D eigenvalue weighted by Crippen LogP contribution is 2.37. The number of thiophene rings is 1. The number of benzene rings is 1. The molecule has 2 rings (SSSR count). The first-order valence-electron chi connectivity index (χ1n) is 5.87. The number of ether oxygens (including phenoxy) is 1. The van der Waals surface area contributed by atoms with Gasteiger partial charge in [0, 0.05) is 4.88 Å². The fourth-order valence-electron chi connectivity index (χ4n) is 2.25. The lowest BCUT2D eigenvalue weighted by Gasteiger charge is -2.15. The van der Waals surface area contributed by atoms with Crippen molar-refractivity contribution in [2.24, 2.45) is 0 Å². The standard InChI is InChI=1S/C15H17ClOS/c1-9-5-6-18-15(9)13(16)12-7-10(2)14(17-4)11(3)8-12/h5-8,13H,1-4H3. The number of rotatable bonds is 3. The van der Waals surface area contributed by atoms with Crippen LogP contribution in [0.2, 0.25) is 0 Å².